The minimum atomic E-state index is -0.218. The minimum absolute atomic E-state index is 0.0165. The first-order valence-corrected chi connectivity index (χ1v) is 10.5. The Morgan fingerprint density at radius 2 is 1.50 bits per heavy atom. The summed E-state index contributed by atoms with van der Waals surface area (Å²) in [6.07, 6.45) is 0. The third kappa shape index (κ3) is 5.29. The lowest BCUT2D eigenvalue weighted by atomic mass is 9.94. The van der Waals surface area contributed by atoms with Gasteiger partial charge in [-0.1, -0.05) is 80.1 Å². The number of ether oxygens (including phenoxy) is 1. The normalized spacial score (nSPS) is 11.9. The van der Waals surface area contributed by atoms with Crippen molar-refractivity contribution in [2.45, 2.75) is 46.6 Å². The molecule has 3 aromatic carbocycles. The largest absolute Gasteiger partial charge is 0.483 e. The van der Waals surface area contributed by atoms with Crippen molar-refractivity contribution >= 4 is 5.91 Å². The van der Waals surface area contributed by atoms with Crippen LogP contribution >= 0.6 is 0 Å². The first kappa shape index (κ1) is 21.6. The van der Waals surface area contributed by atoms with Crippen LogP contribution in [0.3, 0.4) is 0 Å². The predicted molar refractivity (Wildman–Crippen MR) is 123 cm³/mol. The van der Waals surface area contributed by atoms with E-state index in [2.05, 4.69) is 63.3 Å². The molecule has 0 aliphatic rings. The fourth-order valence-electron chi connectivity index (χ4n) is 3.73. The van der Waals surface area contributed by atoms with Gasteiger partial charge in [0, 0.05) is 0 Å². The number of aryl methyl sites for hydroxylation is 3. The fraction of sp³-hybridized carbons (Fsp3) is 0.296. The number of nitrogens with one attached hydrogen (secondary N) is 1. The second-order valence-electron chi connectivity index (χ2n) is 8.26. The van der Waals surface area contributed by atoms with Gasteiger partial charge in [-0.05, 0) is 60.6 Å². The van der Waals surface area contributed by atoms with Crippen LogP contribution < -0.4 is 10.1 Å². The zero-order chi connectivity index (χ0) is 21.7. The third-order valence-corrected chi connectivity index (χ3v) is 5.32. The molecule has 0 bridgehead atoms. The van der Waals surface area contributed by atoms with Gasteiger partial charge in [0.05, 0.1) is 6.04 Å². The lowest BCUT2D eigenvalue weighted by Gasteiger charge is -2.22. The van der Waals surface area contributed by atoms with E-state index in [0.29, 0.717) is 5.92 Å². The molecule has 0 aliphatic carbocycles. The van der Waals surface area contributed by atoms with Gasteiger partial charge in [-0.25, -0.2) is 0 Å². The van der Waals surface area contributed by atoms with Crippen molar-refractivity contribution in [3.63, 3.8) is 0 Å². The first-order valence-electron chi connectivity index (χ1n) is 10.5. The Morgan fingerprint density at radius 3 is 2.13 bits per heavy atom. The highest BCUT2D eigenvalue weighted by Crippen LogP contribution is 2.28. The number of carbonyl (C=O) groups is 1. The third-order valence-electron chi connectivity index (χ3n) is 5.32. The number of amides is 1. The number of carbonyl (C=O) groups excluding carboxylic acids is 1. The van der Waals surface area contributed by atoms with E-state index in [9.17, 15) is 4.79 Å². The van der Waals surface area contributed by atoms with E-state index in [1.807, 2.05) is 43.3 Å². The summed E-state index contributed by atoms with van der Waals surface area (Å²) in [6.45, 7) is 10.4. The van der Waals surface area contributed by atoms with Crippen LogP contribution in [0.25, 0.3) is 0 Å². The maximum absolute atomic E-state index is 12.9. The summed E-state index contributed by atoms with van der Waals surface area (Å²) in [7, 11) is 0. The predicted octanol–water partition coefficient (Wildman–Crippen LogP) is 6.02. The summed E-state index contributed by atoms with van der Waals surface area (Å²) >= 11 is 0. The van der Waals surface area contributed by atoms with Crippen LogP contribution in [0, 0.1) is 20.8 Å². The molecule has 3 nitrogen and oxygen atoms in total. The van der Waals surface area contributed by atoms with Crippen molar-refractivity contribution in [3.05, 3.63) is 100 Å². The van der Waals surface area contributed by atoms with Gasteiger partial charge >= 0.3 is 0 Å². The van der Waals surface area contributed by atoms with Gasteiger partial charge in [-0.3, -0.25) is 4.79 Å². The van der Waals surface area contributed by atoms with E-state index >= 15 is 0 Å². The summed E-state index contributed by atoms with van der Waals surface area (Å²) in [5, 5.41) is 3.18. The summed E-state index contributed by atoms with van der Waals surface area (Å²) < 4.78 is 5.95. The molecule has 0 saturated carbocycles. The molecule has 3 rings (SSSR count). The highest BCUT2D eigenvalue weighted by Gasteiger charge is 2.19. The molecule has 30 heavy (non-hydrogen) atoms. The summed E-state index contributed by atoms with van der Waals surface area (Å²) in [5.74, 6) is 0.971. The van der Waals surface area contributed by atoms with Crippen molar-refractivity contribution in [3.8, 4) is 5.75 Å². The Balaban J connectivity index is 1.80. The minimum Gasteiger partial charge on any atom is -0.483 e. The van der Waals surface area contributed by atoms with Crippen LogP contribution in [0.2, 0.25) is 0 Å². The van der Waals surface area contributed by atoms with Gasteiger partial charge in [-0.2, -0.15) is 0 Å². The molecular weight excluding hydrogens is 370 g/mol. The maximum atomic E-state index is 12.9. The van der Waals surface area contributed by atoms with Crippen molar-refractivity contribution < 1.29 is 9.53 Å². The van der Waals surface area contributed by atoms with Crippen LogP contribution in [0.1, 0.15) is 59.2 Å². The molecule has 3 aromatic rings. The van der Waals surface area contributed by atoms with Gasteiger partial charge < -0.3 is 10.1 Å². The summed E-state index contributed by atoms with van der Waals surface area (Å²) in [5.41, 5.74) is 6.74. The molecule has 0 spiro atoms. The Bertz CT molecular complexity index is 1010. The molecule has 0 saturated heterocycles. The van der Waals surface area contributed by atoms with Crippen molar-refractivity contribution in [1.82, 2.24) is 5.32 Å². The number of hydrogen-bond acceptors (Lipinski definition) is 2. The van der Waals surface area contributed by atoms with Crippen molar-refractivity contribution in [1.29, 1.82) is 0 Å². The quantitative estimate of drug-likeness (QED) is 0.526. The van der Waals surface area contributed by atoms with Crippen LogP contribution in [0.15, 0.2) is 66.7 Å². The molecule has 1 amide bonds. The van der Waals surface area contributed by atoms with E-state index in [1.54, 1.807) is 0 Å². The van der Waals surface area contributed by atoms with Gasteiger partial charge in [0.25, 0.3) is 5.91 Å². The standard InChI is InChI=1S/C27H31NO2/c1-18(2)23-13-11-20(4)16-25(23)30-17-26(29)28-27(22-9-7-6-8-10-22)24-14-12-19(3)15-21(24)5/h6-16,18,27H,17H2,1-5H3,(H,28,29)/t27-/m1/s1. The van der Waals surface area contributed by atoms with E-state index in [-0.39, 0.29) is 18.6 Å². The molecule has 1 atom stereocenters. The molecule has 0 aliphatic heterocycles. The van der Waals surface area contributed by atoms with Crippen LogP contribution in [-0.2, 0) is 4.79 Å². The molecule has 0 fully saturated rings. The van der Waals surface area contributed by atoms with Gasteiger partial charge in [0.1, 0.15) is 5.75 Å². The number of rotatable bonds is 7. The monoisotopic (exact) mass is 401 g/mol. The van der Waals surface area contributed by atoms with Crippen molar-refractivity contribution in [2.24, 2.45) is 0 Å². The maximum Gasteiger partial charge on any atom is 0.258 e. The summed E-state index contributed by atoms with van der Waals surface area (Å²) in [6, 6.07) is 22.3. The SMILES string of the molecule is Cc1ccc([C@H](NC(=O)COc2cc(C)ccc2C(C)C)c2ccccc2)c(C)c1. The average Bonchev–Trinajstić information content (AvgIpc) is 2.71. The average molecular weight is 402 g/mol. The molecule has 156 valence electrons. The molecule has 0 unspecified atom stereocenters. The second kappa shape index (κ2) is 9.62. The lowest BCUT2D eigenvalue weighted by Crippen LogP contribution is -2.33. The number of hydrogen-bond donors (Lipinski definition) is 1. The highest BCUT2D eigenvalue weighted by molar-refractivity contribution is 5.78. The first-order chi connectivity index (χ1) is 14.3. The molecule has 0 heterocycles. The van der Waals surface area contributed by atoms with E-state index in [0.717, 1.165) is 33.6 Å². The Morgan fingerprint density at radius 1 is 0.867 bits per heavy atom. The molecular formula is C27H31NO2. The number of benzene rings is 3. The smallest absolute Gasteiger partial charge is 0.258 e. The van der Waals surface area contributed by atoms with Crippen LogP contribution in [0.5, 0.6) is 5.75 Å². The molecule has 1 N–H and O–H groups in total. The van der Waals surface area contributed by atoms with Crippen LogP contribution in [-0.4, -0.2) is 12.5 Å². The Kier molecular flexibility index (Phi) is 6.94. The molecule has 0 aromatic heterocycles. The Labute approximate surface area is 180 Å². The lowest BCUT2D eigenvalue weighted by molar-refractivity contribution is -0.123. The zero-order valence-corrected chi connectivity index (χ0v) is 18.5. The van der Waals surface area contributed by atoms with E-state index < -0.39 is 0 Å². The van der Waals surface area contributed by atoms with Crippen LogP contribution in [0.4, 0.5) is 0 Å². The zero-order valence-electron chi connectivity index (χ0n) is 18.5. The van der Waals surface area contributed by atoms with Gasteiger partial charge in [0.15, 0.2) is 6.61 Å². The topological polar surface area (TPSA) is 38.3 Å². The highest BCUT2D eigenvalue weighted by atomic mass is 16.5. The molecule has 0 radical (unpaired) electrons. The van der Waals surface area contributed by atoms with Gasteiger partial charge in [-0.15, -0.1) is 0 Å². The van der Waals surface area contributed by atoms with Gasteiger partial charge in [0.2, 0.25) is 0 Å². The van der Waals surface area contributed by atoms with Crippen molar-refractivity contribution in [2.75, 3.05) is 6.61 Å². The summed E-state index contributed by atoms with van der Waals surface area (Å²) in [4.78, 5) is 12.9. The second-order valence-corrected chi connectivity index (χ2v) is 8.26. The van der Waals surface area contributed by atoms with E-state index in [4.69, 9.17) is 4.74 Å². The Hall–Kier alpha value is -3.07. The molecule has 3 heteroatoms. The van der Waals surface area contributed by atoms with E-state index in [1.165, 1.54) is 5.56 Å². The fourth-order valence-corrected chi connectivity index (χ4v) is 3.73.